The number of aliphatic hydroxyl groups excluding tert-OH is 1. The molecule has 0 spiro atoms. The summed E-state index contributed by atoms with van der Waals surface area (Å²) >= 11 is 0. The molecule has 1 atom stereocenters. The van der Waals surface area contributed by atoms with Crippen LogP contribution in [0.15, 0.2) is 30.7 Å². The summed E-state index contributed by atoms with van der Waals surface area (Å²) in [5.74, 6) is 1.52. The molecule has 1 amide bonds. The van der Waals surface area contributed by atoms with E-state index in [9.17, 15) is 9.90 Å². The second-order valence-electron chi connectivity index (χ2n) is 6.32. The summed E-state index contributed by atoms with van der Waals surface area (Å²) in [5.41, 5.74) is 8.01. The fraction of sp³-hybridized carbons (Fsp3) is 0.294. The topological polar surface area (TPSA) is 119 Å². The molecular formula is C17H20N8O2. The first-order valence-corrected chi connectivity index (χ1v) is 8.57. The maximum atomic E-state index is 12.3. The van der Waals surface area contributed by atoms with Crippen molar-refractivity contribution in [3.05, 3.63) is 36.4 Å². The van der Waals surface area contributed by atoms with E-state index in [1.54, 1.807) is 24.3 Å². The molecule has 140 valence electrons. The summed E-state index contributed by atoms with van der Waals surface area (Å²) in [7, 11) is 0. The van der Waals surface area contributed by atoms with Gasteiger partial charge in [0.1, 0.15) is 5.82 Å². The maximum Gasteiger partial charge on any atom is 0.247 e. The molecule has 4 N–H and O–H groups in total. The molecule has 4 heterocycles. The Morgan fingerprint density at radius 2 is 2.19 bits per heavy atom. The molecule has 4 rings (SSSR count). The molecule has 2 aromatic rings. The Bertz CT molecular complexity index is 916. The van der Waals surface area contributed by atoms with Gasteiger partial charge in [-0.15, -0.1) is 5.53 Å². The number of aliphatic hydroxyl groups is 1. The number of fused-ring (bicyclic) bond motifs is 1. The fourth-order valence-electron chi connectivity index (χ4n) is 3.04. The van der Waals surface area contributed by atoms with Crippen LogP contribution >= 0.6 is 0 Å². The Hall–Kier alpha value is -3.24. The Balaban J connectivity index is 1.72. The van der Waals surface area contributed by atoms with Gasteiger partial charge in [-0.2, -0.15) is 0 Å². The number of carbonyl (C=O) groups excluding carboxylic acids is 1. The maximum absolute atomic E-state index is 12.3. The van der Waals surface area contributed by atoms with Crippen LogP contribution in [0.5, 0.6) is 0 Å². The zero-order valence-electron chi connectivity index (χ0n) is 15.0. The number of pyridine rings is 1. The summed E-state index contributed by atoms with van der Waals surface area (Å²) in [5, 5.41) is 14.2. The van der Waals surface area contributed by atoms with Gasteiger partial charge in [0.15, 0.2) is 11.6 Å². The van der Waals surface area contributed by atoms with Crippen molar-refractivity contribution in [3.8, 4) is 11.3 Å². The molecule has 0 saturated heterocycles. The lowest BCUT2D eigenvalue weighted by molar-refractivity contribution is -0.117. The van der Waals surface area contributed by atoms with Crippen LogP contribution in [0.2, 0.25) is 0 Å². The number of rotatable bonds is 4. The lowest BCUT2D eigenvalue weighted by atomic mass is 10.1. The van der Waals surface area contributed by atoms with Gasteiger partial charge in [-0.1, -0.05) is 0 Å². The zero-order valence-corrected chi connectivity index (χ0v) is 15.0. The van der Waals surface area contributed by atoms with Gasteiger partial charge < -0.3 is 15.8 Å². The first-order valence-electron chi connectivity index (χ1n) is 8.57. The normalized spacial score (nSPS) is 16.8. The second-order valence-corrected chi connectivity index (χ2v) is 6.32. The van der Waals surface area contributed by atoms with E-state index in [2.05, 4.69) is 31.2 Å². The number of aryl methyl sites for hydroxylation is 1. The van der Waals surface area contributed by atoms with Gasteiger partial charge in [-0.25, -0.2) is 20.0 Å². The third kappa shape index (κ3) is 3.04. The van der Waals surface area contributed by atoms with Gasteiger partial charge in [-0.05, 0) is 26.0 Å². The molecule has 2 aliphatic rings. The van der Waals surface area contributed by atoms with E-state index < -0.39 is 0 Å². The quantitative estimate of drug-likeness (QED) is 0.604. The number of amides is 1. The number of aromatic nitrogens is 3. The summed E-state index contributed by atoms with van der Waals surface area (Å²) < 4.78 is 0. The van der Waals surface area contributed by atoms with Crippen LogP contribution < -0.4 is 26.2 Å². The summed E-state index contributed by atoms with van der Waals surface area (Å²) in [6, 6.07) is 3.40. The molecule has 0 aliphatic carbocycles. The summed E-state index contributed by atoms with van der Waals surface area (Å²) in [6.07, 6.45) is 5.25. The van der Waals surface area contributed by atoms with Crippen molar-refractivity contribution < 1.29 is 9.90 Å². The van der Waals surface area contributed by atoms with Gasteiger partial charge in [0, 0.05) is 23.7 Å². The van der Waals surface area contributed by atoms with Crippen LogP contribution in [0, 0.1) is 6.92 Å². The first-order chi connectivity index (χ1) is 13.1. The smallest absolute Gasteiger partial charge is 0.247 e. The number of hydrogen-bond donors (Lipinski definition) is 4. The van der Waals surface area contributed by atoms with Crippen LogP contribution in [-0.2, 0) is 4.79 Å². The largest absolute Gasteiger partial charge is 0.394 e. The average Bonchev–Trinajstić information content (AvgIpc) is 3.21. The van der Waals surface area contributed by atoms with E-state index >= 15 is 0 Å². The van der Waals surface area contributed by atoms with Crippen molar-refractivity contribution >= 4 is 23.4 Å². The molecular weight excluding hydrogens is 348 g/mol. The highest BCUT2D eigenvalue weighted by Gasteiger charge is 2.30. The van der Waals surface area contributed by atoms with Gasteiger partial charge >= 0.3 is 0 Å². The molecule has 2 aliphatic heterocycles. The van der Waals surface area contributed by atoms with Crippen molar-refractivity contribution in [2.24, 2.45) is 0 Å². The molecule has 10 nitrogen and oxygen atoms in total. The van der Waals surface area contributed by atoms with E-state index in [1.807, 2.05) is 25.3 Å². The Labute approximate surface area is 155 Å². The highest BCUT2D eigenvalue weighted by atomic mass is 16.3. The molecule has 10 heteroatoms. The molecule has 27 heavy (non-hydrogen) atoms. The monoisotopic (exact) mass is 368 g/mol. The SMILES string of the molecule is Cc1nc(N2C=CNN2)ccc1-c1cnc2c(n1)N(C(C)CO)C(=O)CN2. The molecule has 0 aromatic carbocycles. The minimum atomic E-state index is -0.384. The van der Waals surface area contributed by atoms with Crippen molar-refractivity contribution in [2.75, 3.05) is 28.4 Å². The minimum Gasteiger partial charge on any atom is -0.394 e. The van der Waals surface area contributed by atoms with Gasteiger partial charge in [0.05, 0.1) is 31.1 Å². The van der Waals surface area contributed by atoms with E-state index in [0.29, 0.717) is 17.3 Å². The Morgan fingerprint density at radius 3 is 2.89 bits per heavy atom. The Morgan fingerprint density at radius 1 is 1.33 bits per heavy atom. The molecule has 1 unspecified atom stereocenters. The number of anilines is 3. The van der Waals surface area contributed by atoms with Crippen LogP contribution in [0.1, 0.15) is 12.6 Å². The number of hydrazine groups is 2. The molecule has 0 saturated carbocycles. The number of nitrogens with one attached hydrogen (secondary N) is 3. The molecule has 2 aromatic heterocycles. The molecule has 0 fully saturated rings. The third-order valence-electron chi connectivity index (χ3n) is 4.45. The second kappa shape index (κ2) is 6.82. The van der Waals surface area contributed by atoms with Crippen molar-refractivity contribution in [1.82, 2.24) is 25.9 Å². The van der Waals surface area contributed by atoms with E-state index in [0.717, 1.165) is 17.1 Å². The van der Waals surface area contributed by atoms with E-state index in [-0.39, 0.29) is 25.1 Å². The van der Waals surface area contributed by atoms with Crippen LogP contribution in [0.4, 0.5) is 17.5 Å². The highest BCUT2D eigenvalue weighted by Crippen LogP contribution is 2.31. The molecule has 0 radical (unpaired) electrons. The molecule has 0 bridgehead atoms. The lowest BCUT2D eigenvalue weighted by Gasteiger charge is -2.32. The fourth-order valence-corrected chi connectivity index (χ4v) is 3.04. The van der Waals surface area contributed by atoms with E-state index in [1.165, 1.54) is 4.90 Å². The van der Waals surface area contributed by atoms with Crippen LogP contribution in [-0.4, -0.2) is 45.2 Å². The minimum absolute atomic E-state index is 0.130. The first kappa shape index (κ1) is 17.2. The third-order valence-corrected chi connectivity index (χ3v) is 4.45. The van der Waals surface area contributed by atoms with Gasteiger partial charge in [0.25, 0.3) is 0 Å². The zero-order chi connectivity index (χ0) is 19.0. The Kier molecular flexibility index (Phi) is 4.34. The summed E-state index contributed by atoms with van der Waals surface area (Å²) in [4.78, 5) is 27.5. The summed E-state index contributed by atoms with van der Waals surface area (Å²) in [6.45, 7) is 3.64. The number of nitrogens with zero attached hydrogens (tertiary/aromatic N) is 5. The van der Waals surface area contributed by atoms with Crippen molar-refractivity contribution in [3.63, 3.8) is 0 Å². The number of hydrogen-bond acceptors (Lipinski definition) is 9. The van der Waals surface area contributed by atoms with E-state index in [4.69, 9.17) is 0 Å². The van der Waals surface area contributed by atoms with Crippen LogP contribution in [0.3, 0.4) is 0 Å². The highest BCUT2D eigenvalue weighted by molar-refractivity contribution is 6.01. The van der Waals surface area contributed by atoms with Crippen molar-refractivity contribution in [2.45, 2.75) is 19.9 Å². The van der Waals surface area contributed by atoms with Crippen LogP contribution in [0.25, 0.3) is 11.3 Å². The number of carbonyl (C=O) groups is 1. The van der Waals surface area contributed by atoms with Gasteiger partial charge in [0.2, 0.25) is 5.91 Å². The standard InChI is InChI=1S/C17H20N8O2/c1-10(9-26)25-15(27)8-19-16-17(25)22-13(7-18-16)12-3-4-14(21-11(12)2)24-6-5-20-23-24/h3-7,10,20,23,26H,8-9H2,1-2H3,(H,18,19). The average molecular weight is 368 g/mol. The van der Waals surface area contributed by atoms with Gasteiger partial charge in [-0.3, -0.25) is 9.69 Å². The lowest BCUT2D eigenvalue weighted by Crippen LogP contribution is -2.47. The van der Waals surface area contributed by atoms with Crippen molar-refractivity contribution in [1.29, 1.82) is 0 Å². The predicted molar refractivity (Wildman–Crippen MR) is 100 cm³/mol. The predicted octanol–water partition coefficient (Wildman–Crippen LogP) is 0.287.